The average Bonchev–Trinajstić information content (AvgIpc) is 3.27. The van der Waals surface area contributed by atoms with Gasteiger partial charge in [-0.05, 0) is 117 Å². The molecule has 2 aliphatic heterocycles. The first-order valence-corrected chi connectivity index (χ1v) is 24.2. The van der Waals surface area contributed by atoms with Gasteiger partial charge in [0.2, 0.25) is 0 Å². The molecule has 24 atom stereocenters. The van der Waals surface area contributed by atoms with Gasteiger partial charge in [-0.3, -0.25) is 4.79 Å². The zero-order chi connectivity index (χ0) is 48.3. The summed E-state index contributed by atoms with van der Waals surface area (Å²) in [5.74, 6) is -2.55. The van der Waals surface area contributed by atoms with Crippen molar-refractivity contribution in [3.8, 4) is 0 Å². The van der Waals surface area contributed by atoms with Crippen molar-refractivity contribution in [1.29, 1.82) is 0 Å². The van der Waals surface area contributed by atoms with E-state index in [0.29, 0.717) is 25.7 Å². The van der Waals surface area contributed by atoms with Crippen molar-refractivity contribution in [2.45, 2.75) is 198 Å². The minimum absolute atomic E-state index is 0.0323. The Kier molecular flexibility index (Phi) is 13.6. The number of ether oxygens (including phenoxy) is 5. The lowest BCUT2D eigenvalue weighted by molar-refractivity contribution is -0.367. The standard InChI is InChI=1S/C48H76O18/c1-43-13-14-44(2,42(61)63-26-17-22(19-49)30(52)33(55)32(26)54)18-24(43)23-7-8-28-45(3)11-10-29(46(4,21-50)27(45)9-12-48(28,6)47(23,5)16-15-43)64-41-38(35(57)34(56)37(65-41)39(59)60)66-40-36(58)31(53)25(51)20-62-40/h7,22,24-38,40-41,49-58H,8-21H2,1-6H3,(H,59,60)/t22-,24+,25-,26-,27-,28-,29+,30-,31+,32+,33+,34+,35+,36-,37+,38-,40+,41-,43-,44-,45+,46-,47-,48-/m1/s1. The first-order valence-electron chi connectivity index (χ1n) is 24.2. The van der Waals surface area contributed by atoms with E-state index in [1.54, 1.807) is 0 Å². The van der Waals surface area contributed by atoms with Crippen LogP contribution >= 0.6 is 0 Å². The molecule has 0 unspecified atom stereocenters. The van der Waals surface area contributed by atoms with Crippen LogP contribution in [0.1, 0.15) is 112 Å². The largest absolute Gasteiger partial charge is 0.479 e. The molecule has 0 aromatic carbocycles. The maximum atomic E-state index is 14.2. The van der Waals surface area contributed by atoms with Gasteiger partial charge in [0.15, 0.2) is 18.7 Å². The van der Waals surface area contributed by atoms with Gasteiger partial charge in [0.1, 0.15) is 54.9 Å². The molecule has 11 N–H and O–H groups in total. The fourth-order valence-electron chi connectivity index (χ4n) is 15.1. The fraction of sp³-hybridized carbons (Fsp3) is 0.917. The Morgan fingerprint density at radius 3 is 2.11 bits per heavy atom. The summed E-state index contributed by atoms with van der Waals surface area (Å²) in [4.78, 5) is 26.4. The van der Waals surface area contributed by atoms with E-state index < -0.39 is 128 Å². The zero-order valence-electron chi connectivity index (χ0n) is 39.1. The molecular weight excluding hydrogens is 865 g/mol. The van der Waals surface area contributed by atoms with Crippen LogP contribution in [0.3, 0.4) is 0 Å². The van der Waals surface area contributed by atoms with Crippen LogP contribution < -0.4 is 0 Å². The lowest BCUT2D eigenvalue weighted by Crippen LogP contribution is -2.67. The molecule has 376 valence electrons. The summed E-state index contributed by atoms with van der Waals surface area (Å²) in [6.45, 7) is 12.2. The minimum Gasteiger partial charge on any atom is -0.479 e. The fourth-order valence-corrected chi connectivity index (χ4v) is 15.1. The SMILES string of the molecule is C[C@@]1(C(=O)O[C@@H]2C[C@H](CO)[C@@H](O)[C@H](O)[C@H]2O)CC[C@]2(C)CC[C@]3(C)C(=CC[C@@H]4[C@@]5(C)CC[C@H](O[C@@H]6O[C@H](C(=O)O)[C@@H](O)[C@H](O)[C@H]6O[C@@H]6OC[C@@H](O)[C@H](O)[C@H]6O)[C@](C)(CO)[C@@H]5CC[C@]43C)[C@@H]2C1. The lowest BCUT2D eigenvalue weighted by Gasteiger charge is -2.71. The Morgan fingerprint density at radius 1 is 0.742 bits per heavy atom. The Morgan fingerprint density at radius 2 is 1.44 bits per heavy atom. The summed E-state index contributed by atoms with van der Waals surface area (Å²) in [6.07, 6.45) is -11.7. The topological polar surface area (TPSA) is 303 Å². The third kappa shape index (κ3) is 7.74. The molecule has 0 spiro atoms. The van der Waals surface area contributed by atoms with Crippen LogP contribution in [-0.2, 0) is 33.3 Å². The van der Waals surface area contributed by atoms with Gasteiger partial charge in [0, 0.05) is 17.9 Å². The highest BCUT2D eigenvalue weighted by Gasteiger charge is 2.69. The second-order valence-electron chi connectivity index (χ2n) is 23.3. The van der Waals surface area contributed by atoms with Gasteiger partial charge >= 0.3 is 11.9 Å². The number of esters is 1. The van der Waals surface area contributed by atoms with Crippen LogP contribution in [0.5, 0.6) is 0 Å². The molecule has 18 heteroatoms. The molecule has 6 aliphatic carbocycles. The van der Waals surface area contributed by atoms with Crippen LogP contribution in [0, 0.1) is 56.2 Å². The molecule has 18 nitrogen and oxygen atoms in total. The van der Waals surface area contributed by atoms with Crippen LogP contribution in [0.2, 0.25) is 0 Å². The van der Waals surface area contributed by atoms with E-state index in [1.165, 1.54) is 5.57 Å². The van der Waals surface area contributed by atoms with Gasteiger partial charge < -0.3 is 79.9 Å². The highest BCUT2D eigenvalue weighted by Crippen LogP contribution is 2.76. The minimum atomic E-state index is -1.96. The van der Waals surface area contributed by atoms with Crippen molar-refractivity contribution in [2.24, 2.45) is 56.2 Å². The van der Waals surface area contributed by atoms with Gasteiger partial charge in [-0.2, -0.15) is 0 Å². The van der Waals surface area contributed by atoms with Crippen LogP contribution in [0.25, 0.3) is 0 Å². The third-order valence-corrected chi connectivity index (χ3v) is 19.8. The first-order chi connectivity index (χ1) is 30.8. The Hall–Kier alpha value is -1.88. The van der Waals surface area contributed by atoms with Crippen LogP contribution in [0.4, 0.5) is 0 Å². The lowest BCUT2D eigenvalue weighted by atomic mass is 9.33. The van der Waals surface area contributed by atoms with Crippen molar-refractivity contribution in [1.82, 2.24) is 0 Å². The number of carboxylic acids is 1. The summed E-state index contributed by atoms with van der Waals surface area (Å²) in [5, 5.41) is 116. The summed E-state index contributed by atoms with van der Waals surface area (Å²) in [7, 11) is 0. The number of aliphatic hydroxyl groups is 10. The van der Waals surface area contributed by atoms with Crippen molar-refractivity contribution in [3.63, 3.8) is 0 Å². The number of rotatable bonds is 9. The third-order valence-electron chi connectivity index (χ3n) is 19.8. The quantitative estimate of drug-likeness (QED) is 0.0853. The van der Waals surface area contributed by atoms with E-state index in [-0.39, 0.29) is 52.4 Å². The van der Waals surface area contributed by atoms with E-state index in [0.717, 1.165) is 38.5 Å². The molecule has 7 fully saturated rings. The monoisotopic (exact) mass is 941 g/mol. The zero-order valence-corrected chi connectivity index (χ0v) is 39.1. The predicted molar refractivity (Wildman–Crippen MR) is 229 cm³/mol. The van der Waals surface area contributed by atoms with Crippen LogP contribution in [0.15, 0.2) is 11.6 Å². The van der Waals surface area contributed by atoms with Gasteiger partial charge in [-0.1, -0.05) is 46.3 Å². The second-order valence-corrected chi connectivity index (χ2v) is 23.3. The number of carbonyl (C=O) groups excluding carboxylic acids is 1. The molecule has 2 saturated heterocycles. The average molecular weight is 941 g/mol. The number of allylic oxidation sites excluding steroid dienone is 2. The maximum Gasteiger partial charge on any atom is 0.335 e. The summed E-state index contributed by atoms with van der Waals surface area (Å²) >= 11 is 0. The number of aliphatic carboxylic acids is 1. The van der Waals surface area contributed by atoms with Gasteiger partial charge in [0.25, 0.3) is 0 Å². The molecule has 0 radical (unpaired) electrons. The summed E-state index contributed by atoms with van der Waals surface area (Å²) in [5.41, 5.74) is -1.16. The Labute approximate surface area is 386 Å². The van der Waals surface area contributed by atoms with Crippen molar-refractivity contribution < 1.29 is 89.4 Å². The molecule has 8 aliphatic rings. The highest BCUT2D eigenvalue weighted by molar-refractivity contribution is 5.77. The van der Waals surface area contributed by atoms with E-state index in [1.807, 2.05) is 13.8 Å². The smallest absolute Gasteiger partial charge is 0.335 e. The van der Waals surface area contributed by atoms with Crippen LogP contribution in [-0.4, -0.2) is 174 Å². The number of carboxylic acid groups (broad SMARTS) is 1. The van der Waals surface area contributed by atoms with Crippen molar-refractivity contribution in [3.05, 3.63) is 11.6 Å². The number of carbonyl (C=O) groups is 2. The molecule has 2 heterocycles. The summed E-state index contributed by atoms with van der Waals surface area (Å²) in [6, 6.07) is 0. The van der Waals surface area contributed by atoms with Gasteiger partial charge in [0.05, 0.1) is 30.8 Å². The molecule has 0 aromatic heterocycles. The number of hydrogen-bond donors (Lipinski definition) is 11. The normalized spacial score (nSPS) is 55.0. The molecule has 66 heavy (non-hydrogen) atoms. The van der Waals surface area contributed by atoms with E-state index >= 15 is 0 Å². The Bertz CT molecular complexity index is 1850. The summed E-state index contributed by atoms with van der Waals surface area (Å²) < 4.78 is 29.8. The van der Waals surface area contributed by atoms with E-state index in [4.69, 9.17) is 23.7 Å². The second kappa shape index (κ2) is 17.8. The molecular formula is C48H76O18. The molecule has 5 saturated carbocycles. The number of aliphatic hydroxyl groups excluding tert-OH is 10. The van der Waals surface area contributed by atoms with E-state index in [9.17, 15) is 65.8 Å². The maximum absolute atomic E-state index is 14.2. The molecule has 0 aromatic rings. The van der Waals surface area contributed by atoms with E-state index in [2.05, 4.69) is 33.8 Å². The predicted octanol–water partition coefficient (Wildman–Crippen LogP) is 0.508. The number of fused-ring (bicyclic) bond motifs is 7. The van der Waals surface area contributed by atoms with Crippen molar-refractivity contribution >= 4 is 11.9 Å². The number of hydrogen-bond acceptors (Lipinski definition) is 17. The first kappa shape index (κ1) is 50.5. The molecule has 0 amide bonds. The molecule has 8 rings (SSSR count). The molecule has 0 bridgehead atoms. The Balaban J connectivity index is 1.03. The van der Waals surface area contributed by atoms with Gasteiger partial charge in [-0.15, -0.1) is 0 Å². The highest BCUT2D eigenvalue weighted by atomic mass is 16.8. The van der Waals surface area contributed by atoms with Gasteiger partial charge in [-0.25, -0.2) is 4.79 Å². The van der Waals surface area contributed by atoms with Crippen molar-refractivity contribution in [2.75, 3.05) is 19.8 Å².